The van der Waals surface area contributed by atoms with Crippen molar-refractivity contribution in [1.29, 1.82) is 0 Å². The third-order valence-electron chi connectivity index (χ3n) is 7.19. The third kappa shape index (κ3) is 5.31. The van der Waals surface area contributed by atoms with Gasteiger partial charge in [0.15, 0.2) is 0 Å². The van der Waals surface area contributed by atoms with Crippen LogP contribution < -0.4 is 16.0 Å². The second-order valence-corrected chi connectivity index (χ2v) is 11.6. The summed E-state index contributed by atoms with van der Waals surface area (Å²) in [7, 11) is 0. The molecule has 0 spiro atoms. The Morgan fingerprint density at radius 2 is 1.78 bits per heavy atom. The number of aromatic nitrogens is 1. The Bertz CT molecular complexity index is 1260. The first-order valence-electron chi connectivity index (χ1n) is 12.7. The van der Waals surface area contributed by atoms with Gasteiger partial charge in [0.25, 0.3) is 5.91 Å². The van der Waals surface area contributed by atoms with Crippen molar-refractivity contribution in [2.24, 2.45) is 0 Å². The van der Waals surface area contributed by atoms with E-state index in [0.29, 0.717) is 43.4 Å². The number of aryl methyl sites for hydroxylation is 1. The van der Waals surface area contributed by atoms with Crippen LogP contribution in [0.25, 0.3) is 5.00 Å². The Labute approximate surface area is 230 Å². The van der Waals surface area contributed by atoms with Crippen molar-refractivity contribution < 1.29 is 14.3 Å². The minimum Gasteiger partial charge on any atom is -0.378 e. The number of hydrogen-bond donors (Lipinski definition) is 3. The number of carbonyl (C=O) groups excluding carboxylic acids is 2. The number of anilines is 1. The van der Waals surface area contributed by atoms with Crippen LogP contribution in [0.2, 0.25) is 0 Å². The van der Waals surface area contributed by atoms with Gasteiger partial charge in [0, 0.05) is 53.9 Å². The van der Waals surface area contributed by atoms with Gasteiger partial charge in [-0.15, -0.1) is 35.1 Å². The van der Waals surface area contributed by atoms with Crippen LogP contribution in [-0.2, 0) is 37.1 Å². The first kappa shape index (κ1) is 26.2. The summed E-state index contributed by atoms with van der Waals surface area (Å²) >= 11 is 3.36. The molecule has 0 radical (unpaired) electrons. The van der Waals surface area contributed by atoms with Crippen molar-refractivity contribution >= 4 is 52.0 Å². The van der Waals surface area contributed by atoms with Crippen molar-refractivity contribution in [3.05, 3.63) is 56.5 Å². The number of morpholine rings is 1. The maximum atomic E-state index is 13.5. The van der Waals surface area contributed by atoms with Crippen molar-refractivity contribution in [3.8, 4) is 5.00 Å². The molecule has 6 rings (SSSR count). The number of amides is 3. The summed E-state index contributed by atoms with van der Waals surface area (Å²) < 4.78 is 7.57. The fourth-order valence-corrected chi connectivity index (χ4v) is 7.95. The highest BCUT2D eigenvalue weighted by Crippen LogP contribution is 2.39. The van der Waals surface area contributed by atoms with Crippen LogP contribution in [-0.4, -0.2) is 54.3 Å². The summed E-state index contributed by atoms with van der Waals surface area (Å²) in [6.07, 6.45) is 9.14. The summed E-state index contributed by atoms with van der Waals surface area (Å²) in [6.45, 7) is 4.57. The van der Waals surface area contributed by atoms with Crippen LogP contribution in [0.4, 0.5) is 9.80 Å². The lowest BCUT2D eigenvalue weighted by Crippen LogP contribution is -2.41. The number of ether oxygens (including phenoxy) is 1. The molecule has 3 aromatic heterocycles. The largest absolute Gasteiger partial charge is 0.378 e. The Hall–Kier alpha value is -2.37. The molecule has 198 valence electrons. The van der Waals surface area contributed by atoms with E-state index >= 15 is 0 Å². The number of thiophene rings is 2. The summed E-state index contributed by atoms with van der Waals surface area (Å²) in [5, 5.41) is 11.4. The molecule has 0 unspecified atom stereocenters. The van der Waals surface area contributed by atoms with E-state index in [2.05, 4.69) is 20.5 Å². The fraction of sp³-hybridized carbons (Fsp3) is 0.462. The van der Waals surface area contributed by atoms with E-state index in [9.17, 15) is 9.59 Å². The van der Waals surface area contributed by atoms with Gasteiger partial charge in [0.2, 0.25) is 0 Å². The van der Waals surface area contributed by atoms with Crippen LogP contribution in [0.1, 0.15) is 49.6 Å². The summed E-state index contributed by atoms with van der Waals surface area (Å²) in [5.41, 5.74) is 4.35. The highest BCUT2D eigenvalue weighted by Gasteiger charge is 2.30. The normalized spacial score (nSPS) is 16.9. The predicted octanol–water partition coefficient (Wildman–Crippen LogP) is 4.34. The number of carbonyl (C=O) groups is 2. The van der Waals surface area contributed by atoms with E-state index < -0.39 is 0 Å². The fourth-order valence-electron chi connectivity index (χ4n) is 5.37. The number of nitrogens with one attached hydrogen (secondary N) is 3. The van der Waals surface area contributed by atoms with E-state index in [4.69, 9.17) is 4.74 Å². The maximum absolute atomic E-state index is 13.5. The number of hydrogen-bond acceptors (Lipinski definition) is 6. The Morgan fingerprint density at radius 1 is 1.00 bits per heavy atom. The molecule has 37 heavy (non-hydrogen) atoms. The van der Waals surface area contributed by atoms with Gasteiger partial charge in [-0.2, -0.15) is 0 Å². The lowest BCUT2D eigenvalue weighted by Gasteiger charge is -2.27. The van der Waals surface area contributed by atoms with Gasteiger partial charge in [-0.1, -0.05) is 0 Å². The Kier molecular flexibility index (Phi) is 8.21. The van der Waals surface area contributed by atoms with Crippen LogP contribution in [0.15, 0.2) is 24.5 Å². The smallest absolute Gasteiger partial charge is 0.320 e. The minimum atomic E-state index is -0.267. The van der Waals surface area contributed by atoms with Gasteiger partial charge >= 0.3 is 6.03 Å². The standard InChI is InChI=1S/C26H31N5O3S2.ClH/c32-24(30-11-13-34-14-12-30)22-18-5-1-2-6-20(18)35-23(22)29-26(33)28-15-19-17-7-8-27-16-21(17)36-25(19)31-9-3-4-10-31;/h3-4,9-10,27H,1-2,5-8,11-16H2,(H2,28,29,33);1H. The summed E-state index contributed by atoms with van der Waals surface area (Å²) in [5.74, 6) is 0.0160. The molecule has 0 aromatic carbocycles. The molecule has 3 N–H and O–H groups in total. The Balaban J connectivity index is 0.00000280. The highest BCUT2D eigenvalue weighted by atomic mass is 35.5. The number of nitrogens with zero attached hydrogens (tertiary/aromatic N) is 2. The van der Waals surface area contributed by atoms with Crippen LogP contribution in [0, 0.1) is 0 Å². The molecular weight excluding hydrogens is 530 g/mol. The quantitative estimate of drug-likeness (QED) is 0.432. The van der Waals surface area contributed by atoms with Gasteiger partial charge in [-0.05, 0) is 61.9 Å². The van der Waals surface area contributed by atoms with Crippen LogP contribution in [0.5, 0.6) is 0 Å². The molecule has 1 aliphatic carbocycles. The monoisotopic (exact) mass is 561 g/mol. The SMILES string of the molecule is Cl.O=C(NCc1c(-n2cccc2)sc2c1CCNC2)Nc1sc2c(c1C(=O)N1CCOCC1)CCCC2. The highest BCUT2D eigenvalue weighted by molar-refractivity contribution is 7.17. The van der Waals surface area contributed by atoms with Gasteiger partial charge in [-0.3, -0.25) is 10.1 Å². The molecule has 3 amide bonds. The van der Waals surface area contributed by atoms with Crippen molar-refractivity contribution in [1.82, 2.24) is 20.1 Å². The second kappa shape index (κ2) is 11.6. The molecule has 1 fully saturated rings. The van der Waals surface area contributed by atoms with E-state index in [1.807, 2.05) is 29.4 Å². The molecule has 8 nitrogen and oxygen atoms in total. The van der Waals surface area contributed by atoms with Crippen molar-refractivity contribution in [3.63, 3.8) is 0 Å². The Morgan fingerprint density at radius 3 is 2.59 bits per heavy atom. The van der Waals surface area contributed by atoms with Gasteiger partial charge < -0.3 is 24.8 Å². The average molecular weight is 562 g/mol. The molecule has 0 atom stereocenters. The molecule has 0 bridgehead atoms. The molecule has 1 saturated heterocycles. The van der Waals surface area contributed by atoms with E-state index in [0.717, 1.165) is 55.8 Å². The van der Waals surface area contributed by atoms with E-state index in [1.54, 1.807) is 22.7 Å². The van der Waals surface area contributed by atoms with E-state index in [1.165, 1.54) is 20.9 Å². The molecule has 0 saturated carbocycles. The number of urea groups is 1. The van der Waals surface area contributed by atoms with E-state index in [-0.39, 0.29) is 24.3 Å². The zero-order valence-corrected chi connectivity index (χ0v) is 23.1. The van der Waals surface area contributed by atoms with Crippen molar-refractivity contribution in [2.45, 2.75) is 45.2 Å². The maximum Gasteiger partial charge on any atom is 0.320 e. The summed E-state index contributed by atoms with van der Waals surface area (Å²) in [4.78, 5) is 31.1. The molecular formula is C26H32ClN5O3S2. The van der Waals surface area contributed by atoms with Crippen LogP contribution >= 0.6 is 35.1 Å². The average Bonchev–Trinajstić information content (AvgIpc) is 3.64. The molecule has 3 aromatic rings. The second-order valence-electron chi connectivity index (χ2n) is 9.43. The lowest BCUT2D eigenvalue weighted by atomic mass is 9.95. The minimum absolute atomic E-state index is 0. The first-order valence-corrected chi connectivity index (χ1v) is 14.4. The molecule has 3 aliphatic rings. The van der Waals surface area contributed by atoms with Gasteiger partial charge in [0.1, 0.15) is 10.0 Å². The molecule has 2 aliphatic heterocycles. The van der Waals surface area contributed by atoms with Crippen LogP contribution in [0.3, 0.4) is 0 Å². The summed E-state index contributed by atoms with van der Waals surface area (Å²) in [6, 6.07) is 3.77. The first-order chi connectivity index (χ1) is 17.7. The predicted molar refractivity (Wildman–Crippen MR) is 150 cm³/mol. The molecule has 11 heteroatoms. The van der Waals surface area contributed by atoms with Gasteiger partial charge in [-0.25, -0.2) is 4.79 Å². The number of fused-ring (bicyclic) bond motifs is 2. The third-order valence-corrected chi connectivity index (χ3v) is 9.69. The number of halogens is 1. The molecule has 5 heterocycles. The van der Waals surface area contributed by atoms with Gasteiger partial charge in [0.05, 0.1) is 18.8 Å². The topological polar surface area (TPSA) is 87.6 Å². The number of rotatable bonds is 5. The lowest BCUT2D eigenvalue weighted by molar-refractivity contribution is 0.0303. The van der Waals surface area contributed by atoms with Crippen molar-refractivity contribution in [2.75, 3.05) is 38.2 Å². The zero-order valence-electron chi connectivity index (χ0n) is 20.6. The zero-order chi connectivity index (χ0) is 24.5.